The lowest BCUT2D eigenvalue weighted by Crippen LogP contribution is -2.38. The topological polar surface area (TPSA) is 97.0 Å². The van der Waals surface area contributed by atoms with Crippen molar-refractivity contribution in [1.82, 2.24) is 10.2 Å². The monoisotopic (exact) mass is 615 g/mol. The predicted molar refractivity (Wildman–Crippen MR) is 144 cm³/mol. The van der Waals surface area contributed by atoms with Crippen molar-refractivity contribution in [1.29, 1.82) is 0 Å². The minimum absolute atomic E-state index is 0.00757. The molecule has 0 spiro atoms. The first-order valence-corrected chi connectivity index (χ1v) is 12.3. The highest BCUT2D eigenvalue weighted by Gasteiger charge is 2.35. The number of benzene rings is 3. The van der Waals surface area contributed by atoms with Crippen LogP contribution in [0, 0.1) is 16.3 Å². The molecule has 4 amide bonds. The van der Waals surface area contributed by atoms with Gasteiger partial charge in [-0.05, 0) is 71.5 Å². The van der Waals surface area contributed by atoms with Crippen molar-refractivity contribution >= 4 is 52.2 Å². The van der Waals surface area contributed by atoms with Crippen molar-refractivity contribution in [3.63, 3.8) is 0 Å². The fraction of sp³-hybridized carbons (Fsp3) is 0.148. The fourth-order valence-electron chi connectivity index (χ4n) is 3.59. The Balaban J connectivity index is 1.47. The van der Waals surface area contributed by atoms with Crippen molar-refractivity contribution in [2.45, 2.75) is 13.5 Å². The van der Waals surface area contributed by atoms with E-state index in [1.54, 1.807) is 42.5 Å². The van der Waals surface area contributed by atoms with Gasteiger partial charge in [0.15, 0.2) is 11.5 Å². The first-order valence-electron chi connectivity index (χ1n) is 11.2. The van der Waals surface area contributed by atoms with Crippen LogP contribution >= 0.6 is 22.6 Å². The number of urea groups is 1. The van der Waals surface area contributed by atoms with Crippen molar-refractivity contribution in [2.24, 2.45) is 0 Å². The molecule has 190 valence electrons. The smallest absolute Gasteiger partial charge is 0.329 e. The quantitative estimate of drug-likeness (QED) is 0.215. The normalized spacial score (nSPS) is 14.1. The van der Waals surface area contributed by atoms with E-state index in [1.807, 2.05) is 19.1 Å². The minimum atomic E-state index is -0.693. The molecule has 1 saturated heterocycles. The molecular formula is C27H23FIN3O5. The molecule has 3 aromatic rings. The Kier molecular flexibility index (Phi) is 8.07. The van der Waals surface area contributed by atoms with Crippen molar-refractivity contribution < 1.29 is 28.2 Å². The second-order valence-electron chi connectivity index (χ2n) is 8.21. The summed E-state index contributed by atoms with van der Waals surface area (Å²) in [7, 11) is 1.47. The second kappa shape index (κ2) is 11.4. The van der Waals surface area contributed by atoms with E-state index in [2.05, 4.69) is 33.2 Å². The average molecular weight is 615 g/mol. The van der Waals surface area contributed by atoms with Crippen LogP contribution in [-0.4, -0.2) is 36.4 Å². The molecule has 1 aliphatic heterocycles. The molecule has 0 aromatic heterocycles. The van der Waals surface area contributed by atoms with Gasteiger partial charge in [-0.25, -0.2) is 14.1 Å². The second-order valence-corrected chi connectivity index (χ2v) is 9.37. The standard InChI is InChI=1S/C27H23FIN3O5/c1-16-7-9-19(10-8-16)30-24(33)14-32-26(34)22(31-27(32)35)12-17-11-21(29)25(23(13-17)36-2)37-15-18-5-3-4-6-20(18)28/h3-13H,14-15H2,1-2H3,(H,30,33)(H,31,35)/b22-12+. The summed E-state index contributed by atoms with van der Waals surface area (Å²) < 4.78 is 25.9. The van der Waals surface area contributed by atoms with Gasteiger partial charge in [0.25, 0.3) is 5.91 Å². The summed E-state index contributed by atoms with van der Waals surface area (Å²) in [6.45, 7) is 1.50. The fourth-order valence-corrected chi connectivity index (χ4v) is 4.37. The van der Waals surface area contributed by atoms with Crippen molar-refractivity contribution in [3.05, 3.63) is 92.4 Å². The molecule has 0 radical (unpaired) electrons. The highest BCUT2D eigenvalue weighted by Crippen LogP contribution is 2.35. The molecule has 10 heteroatoms. The highest BCUT2D eigenvalue weighted by molar-refractivity contribution is 14.1. The Bertz CT molecular complexity index is 1390. The third-order valence-corrected chi connectivity index (χ3v) is 6.29. The Morgan fingerprint density at radius 3 is 2.57 bits per heavy atom. The van der Waals surface area contributed by atoms with Crippen LogP contribution < -0.4 is 20.1 Å². The van der Waals surface area contributed by atoms with Crippen LogP contribution in [0.15, 0.2) is 66.4 Å². The average Bonchev–Trinajstić information content (AvgIpc) is 3.12. The molecule has 0 bridgehead atoms. The summed E-state index contributed by atoms with van der Waals surface area (Å²) in [6.07, 6.45) is 1.49. The number of carbonyl (C=O) groups excluding carboxylic acids is 3. The number of methoxy groups -OCH3 is 1. The van der Waals surface area contributed by atoms with Gasteiger partial charge in [-0.3, -0.25) is 9.59 Å². The summed E-state index contributed by atoms with van der Waals surface area (Å²) in [6, 6.07) is 16.2. The zero-order valence-electron chi connectivity index (χ0n) is 20.0. The molecule has 0 atom stereocenters. The number of nitrogens with zero attached hydrogens (tertiary/aromatic N) is 1. The SMILES string of the molecule is COc1cc(/C=C2/NC(=O)N(CC(=O)Nc3ccc(C)cc3)C2=O)cc(I)c1OCc1ccccc1F. The van der Waals surface area contributed by atoms with E-state index in [-0.39, 0.29) is 18.1 Å². The number of hydrogen-bond donors (Lipinski definition) is 2. The Labute approximate surface area is 226 Å². The summed E-state index contributed by atoms with van der Waals surface area (Å²) in [5.41, 5.74) is 2.59. The minimum Gasteiger partial charge on any atom is -0.493 e. The van der Waals surface area contributed by atoms with Gasteiger partial charge in [-0.15, -0.1) is 0 Å². The Morgan fingerprint density at radius 2 is 1.86 bits per heavy atom. The summed E-state index contributed by atoms with van der Waals surface area (Å²) in [5, 5.41) is 5.18. The molecule has 2 N–H and O–H groups in total. The molecule has 0 saturated carbocycles. The summed E-state index contributed by atoms with van der Waals surface area (Å²) in [4.78, 5) is 38.5. The largest absolute Gasteiger partial charge is 0.493 e. The zero-order chi connectivity index (χ0) is 26.5. The van der Waals surface area contributed by atoms with Gasteiger partial charge in [0.05, 0.1) is 10.7 Å². The van der Waals surface area contributed by atoms with Gasteiger partial charge in [0, 0.05) is 11.3 Å². The van der Waals surface area contributed by atoms with Crippen LogP contribution in [0.1, 0.15) is 16.7 Å². The lowest BCUT2D eigenvalue weighted by Gasteiger charge is -2.14. The lowest BCUT2D eigenvalue weighted by molar-refractivity contribution is -0.127. The number of anilines is 1. The third kappa shape index (κ3) is 6.26. The molecule has 1 heterocycles. The highest BCUT2D eigenvalue weighted by atomic mass is 127. The van der Waals surface area contributed by atoms with E-state index in [1.165, 1.54) is 19.3 Å². The zero-order valence-corrected chi connectivity index (χ0v) is 22.2. The number of hydrogen-bond acceptors (Lipinski definition) is 5. The predicted octanol–water partition coefficient (Wildman–Crippen LogP) is 4.86. The molecule has 1 aliphatic rings. The van der Waals surface area contributed by atoms with Gasteiger partial charge in [0.2, 0.25) is 5.91 Å². The van der Waals surface area contributed by atoms with Crippen LogP contribution in [0.25, 0.3) is 6.08 Å². The maximum Gasteiger partial charge on any atom is 0.329 e. The van der Waals surface area contributed by atoms with E-state index < -0.39 is 24.4 Å². The van der Waals surface area contributed by atoms with Crippen molar-refractivity contribution in [3.8, 4) is 11.5 Å². The number of imide groups is 1. The maximum absolute atomic E-state index is 14.0. The molecule has 4 rings (SSSR count). The van der Waals surface area contributed by atoms with E-state index in [9.17, 15) is 18.8 Å². The van der Waals surface area contributed by atoms with E-state index in [0.717, 1.165) is 10.5 Å². The van der Waals surface area contributed by atoms with Crippen LogP contribution in [0.5, 0.6) is 11.5 Å². The van der Waals surface area contributed by atoms with Crippen LogP contribution in [-0.2, 0) is 16.2 Å². The molecule has 1 fully saturated rings. The Morgan fingerprint density at radius 1 is 1.14 bits per heavy atom. The van der Waals surface area contributed by atoms with E-state index in [0.29, 0.717) is 31.9 Å². The van der Waals surface area contributed by atoms with Gasteiger partial charge in [-0.1, -0.05) is 35.9 Å². The lowest BCUT2D eigenvalue weighted by atomic mass is 10.1. The van der Waals surface area contributed by atoms with Gasteiger partial charge in [0.1, 0.15) is 24.7 Å². The number of amides is 4. The first kappa shape index (κ1) is 26.1. The van der Waals surface area contributed by atoms with E-state index >= 15 is 0 Å². The van der Waals surface area contributed by atoms with Crippen LogP contribution in [0.2, 0.25) is 0 Å². The van der Waals surface area contributed by atoms with Gasteiger partial charge < -0.3 is 20.1 Å². The molecule has 0 aliphatic carbocycles. The molecule has 3 aromatic carbocycles. The number of nitrogens with one attached hydrogen (secondary N) is 2. The number of rotatable bonds is 8. The summed E-state index contributed by atoms with van der Waals surface area (Å²) in [5.74, 6) is -0.699. The first-order chi connectivity index (χ1) is 17.7. The third-order valence-electron chi connectivity index (χ3n) is 5.49. The molecular weight excluding hydrogens is 592 g/mol. The van der Waals surface area contributed by atoms with E-state index in [4.69, 9.17) is 9.47 Å². The summed E-state index contributed by atoms with van der Waals surface area (Å²) >= 11 is 2.05. The molecule has 8 nitrogen and oxygen atoms in total. The van der Waals surface area contributed by atoms with Gasteiger partial charge in [-0.2, -0.15) is 0 Å². The molecule has 37 heavy (non-hydrogen) atoms. The van der Waals surface area contributed by atoms with Crippen LogP contribution in [0.4, 0.5) is 14.9 Å². The van der Waals surface area contributed by atoms with Gasteiger partial charge >= 0.3 is 6.03 Å². The number of ether oxygens (including phenoxy) is 2. The molecule has 0 unspecified atom stereocenters. The van der Waals surface area contributed by atoms with Crippen LogP contribution in [0.3, 0.4) is 0 Å². The Hall–Kier alpha value is -3.93. The van der Waals surface area contributed by atoms with Crippen molar-refractivity contribution in [2.75, 3.05) is 19.0 Å². The maximum atomic E-state index is 14.0. The number of carbonyl (C=O) groups is 3. The number of halogens is 2. The number of aryl methyl sites for hydroxylation is 1.